The molecule has 3 heterocycles. The van der Waals surface area contributed by atoms with Gasteiger partial charge >= 0.3 is 16.4 Å². The van der Waals surface area contributed by atoms with Gasteiger partial charge in [-0.15, -0.1) is 20.3 Å². The average Bonchev–Trinajstić information content (AvgIpc) is 3.54. The van der Waals surface area contributed by atoms with Crippen LogP contribution in [0.15, 0.2) is 34.9 Å². The second-order valence-electron chi connectivity index (χ2n) is 10.3. The van der Waals surface area contributed by atoms with Crippen molar-refractivity contribution in [2.24, 2.45) is 17.9 Å². The number of nitrogen functional groups attached to an aromatic ring is 1. The highest BCUT2D eigenvalue weighted by Crippen LogP contribution is 2.33. The van der Waals surface area contributed by atoms with Crippen LogP contribution in [0.4, 0.5) is 5.13 Å². The second kappa shape index (κ2) is 12.9. The molecule has 2 amide bonds. The number of carbonyl (C=O) groups excluding carboxylic acids is 2. The number of carbonyl (C=O) groups is 3. The lowest BCUT2D eigenvalue weighted by atomic mass is 9.84. The fourth-order valence-electron chi connectivity index (χ4n) is 4.45. The summed E-state index contributed by atoms with van der Waals surface area (Å²) in [4.78, 5) is 46.8. The zero-order chi connectivity index (χ0) is 33.3. The third-order valence-electron chi connectivity index (χ3n) is 6.87. The van der Waals surface area contributed by atoms with Gasteiger partial charge in [-0.25, -0.2) is 9.78 Å². The Kier molecular flexibility index (Phi) is 9.60. The Morgan fingerprint density at radius 1 is 1.33 bits per heavy atom. The smallest absolute Gasteiger partial charge is 0.418 e. The Morgan fingerprint density at radius 2 is 2.04 bits per heavy atom. The number of hydrogen-bond acceptors (Lipinski definition) is 14. The maximum Gasteiger partial charge on any atom is 0.418 e. The minimum Gasteiger partial charge on any atom is -0.489 e. The fraction of sp³-hybridized carbons (Fsp3) is 0.417. The molecule has 2 unspecified atom stereocenters. The number of ether oxygens (including phenoxy) is 1. The van der Waals surface area contributed by atoms with Gasteiger partial charge in [0.2, 0.25) is 12.2 Å². The summed E-state index contributed by atoms with van der Waals surface area (Å²) in [5, 5.41) is 27.9. The fourth-order valence-corrected chi connectivity index (χ4v) is 5.45. The molecule has 1 saturated heterocycles. The lowest BCUT2D eigenvalue weighted by Gasteiger charge is -2.50. The number of aromatic nitrogens is 3. The van der Waals surface area contributed by atoms with E-state index in [1.807, 2.05) is 0 Å². The lowest BCUT2D eigenvalue weighted by molar-refractivity contribution is -0.792. The number of carboxylic acid groups (broad SMARTS) is 1. The Balaban J connectivity index is 1.51. The summed E-state index contributed by atoms with van der Waals surface area (Å²) < 4.78 is 44.6. The predicted octanol–water partition coefficient (Wildman–Crippen LogP) is -1.91. The molecule has 3 atom stereocenters. The summed E-state index contributed by atoms with van der Waals surface area (Å²) in [6, 6.07) is 3.31. The van der Waals surface area contributed by atoms with Crippen LogP contribution >= 0.6 is 11.3 Å². The highest BCUT2D eigenvalue weighted by Gasteiger charge is 2.58. The number of aryl methyl sites for hydroxylation is 1. The number of carboxylic acids is 1. The van der Waals surface area contributed by atoms with Crippen LogP contribution in [0.2, 0.25) is 0 Å². The number of aliphatic hydroxyl groups is 1. The number of nitrogens with one attached hydrogen (secondary N) is 1. The molecular weight excluding hydrogens is 640 g/mol. The number of hydroxylamine groups is 2. The van der Waals surface area contributed by atoms with Crippen LogP contribution in [0.5, 0.6) is 5.75 Å². The SMILES string of the molecule is Cn1c2ccc(OC[C@H](O/N=C(\C(=O)NC3C(=O)N(OS(=O)(=O)O)C3(C)C)c3csc(N)n3)C(=O)O)cc2c[n+]1C(CN)CO. The summed E-state index contributed by atoms with van der Waals surface area (Å²) in [5.74, 6) is -3.22. The van der Waals surface area contributed by atoms with Crippen LogP contribution in [-0.2, 0) is 41.0 Å². The van der Waals surface area contributed by atoms with Crippen LogP contribution in [0.25, 0.3) is 10.9 Å². The molecule has 8 N–H and O–H groups in total. The number of oxime groups is 1. The van der Waals surface area contributed by atoms with E-state index in [9.17, 15) is 33.0 Å². The van der Waals surface area contributed by atoms with E-state index in [4.69, 9.17) is 25.6 Å². The van der Waals surface area contributed by atoms with Crippen LogP contribution in [0.3, 0.4) is 0 Å². The van der Waals surface area contributed by atoms with E-state index in [1.165, 1.54) is 19.2 Å². The van der Waals surface area contributed by atoms with Crippen molar-refractivity contribution in [1.82, 2.24) is 20.0 Å². The quantitative estimate of drug-likeness (QED) is 0.0359. The molecule has 1 aliphatic heterocycles. The van der Waals surface area contributed by atoms with Crippen molar-refractivity contribution in [3.05, 3.63) is 35.5 Å². The normalized spacial score (nSPS) is 17.9. The molecule has 0 saturated carbocycles. The standard InChI is InChI=1S/C24H30N8O11S2/c1-24(2)19(21(35)32(24)43-45(38,39)40)28-20(34)18(15-11-44-23(26)27-15)29-42-17(22(36)37)10-41-14-4-5-16-12(6-14)8-31(30(16)3)13(7-25)9-33/h4-6,8,11,13,17,19,33H,7,9-10,25H2,1-3H3,(H4-,26,27,28,34,36,37,38,39,40)/p+1/b29-18-/t13?,17-,19?/m0/s1. The zero-order valence-electron chi connectivity index (χ0n) is 24.1. The summed E-state index contributed by atoms with van der Waals surface area (Å²) >= 11 is 0.947. The molecule has 1 aliphatic rings. The van der Waals surface area contributed by atoms with E-state index < -0.39 is 58.2 Å². The van der Waals surface area contributed by atoms with Gasteiger partial charge in [-0.2, -0.15) is 18.2 Å². The van der Waals surface area contributed by atoms with Gasteiger partial charge in [0.15, 0.2) is 10.8 Å². The molecule has 1 aromatic carbocycles. The van der Waals surface area contributed by atoms with Crippen molar-refractivity contribution in [3.8, 4) is 5.75 Å². The maximum atomic E-state index is 13.2. The molecule has 0 bridgehead atoms. The van der Waals surface area contributed by atoms with Crippen molar-refractivity contribution >= 4 is 61.3 Å². The number of hydrogen-bond donors (Lipinski definition) is 6. The third kappa shape index (κ3) is 7.13. The number of aliphatic carboxylic acids is 1. The molecular formula is C24H31N8O11S2+. The molecule has 4 rings (SSSR count). The van der Waals surface area contributed by atoms with Gasteiger partial charge < -0.3 is 36.6 Å². The molecule has 3 aromatic rings. The molecule has 244 valence electrons. The first-order valence-corrected chi connectivity index (χ1v) is 15.3. The van der Waals surface area contributed by atoms with E-state index in [0.717, 1.165) is 22.2 Å². The Bertz CT molecular complexity index is 1750. The molecule has 0 spiro atoms. The van der Waals surface area contributed by atoms with Crippen LogP contribution < -0.4 is 26.2 Å². The maximum absolute atomic E-state index is 13.2. The summed E-state index contributed by atoms with van der Waals surface area (Å²) in [7, 11) is -3.23. The van der Waals surface area contributed by atoms with E-state index in [0.29, 0.717) is 10.8 Å². The van der Waals surface area contributed by atoms with Crippen molar-refractivity contribution in [1.29, 1.82) is 0 Å². The number of β-lactam (4-membered cyclic amide) rings is 1. The largest absolute Gasteiger partial charge is 0.489 e. The van der Waals surface area contributed by atoms with Crippen molar-refractivity contribution < 1.29 is 56.1 Å². The number of rotatable bonds is 14. The Labute approximate surface area is 259 Å². The van der Waals surface area contributed by atoms with Crippen molar-refractivity contribution in [2.45, 2.75) is 37.6 Å². The Hall–Kier alpha value is -4.41. The van der Waals surface area contributed by atoms with Crippen LogP contribution in [0, 0.1) is 0 Å². The minimum atomic E-state index is -5.02. The van der Waals surface area contributed by atoms with Crippen LogP contribution in [-0.4, -0.2) is 98.9 Å². The number of anilines is 1. The number of fused-ring (bicyclic) bond motifs is 1. The van der Waals surface area contributed by atoms with Crippen LogP contribution in [0.1, 0.15) is 25.6 Å². The minimum absolute atomic E-state index is 0.0470. The number of benzene rings is 1. The number of aliphatic hydroxyl groups excluding tert-OH is 1. The van der Waals surface area contributed by atoms with E-state index >= 15 is 0 Å². The molecule has 0 aliphatic carbocycles. The zero-order valence-corrected chi connectivity index (χ0v) is 25.7. The molecule has 45 heavy (non-hydrogen) atoms. The Morgan fingerprint density at radius 3 is 2.60 bits per heavy atom. The average molecular weight is 672 g/mol. The molecule has 0 radical (unpaired) electrons. The first-order valence-electron chi connectivity index (χ1n) is 13.0. The molecule has 19 nitrogen and oxygen atoms in total. The highest BCUT2D eigenvalue weighted by atomic mass is 32.3. The molecule has 1 fully saturated rings. The van der Waals surface area contributed by atoms with E-state index in [-0.39, 0.29) is 30.0 Å². The van der Waals surface area contributed by atoms with Gasteiger partial charge in [0.25, 0.3) is 17.9 Å². The van der Waals surface area contributed by atoms with Gasteiger partial charge in [0.05, 0.1) is 24.5 Å². The predicted molar refractivity (Wildman–Crippen MR) is 155 cm³/mol. The number of nitrogens with zero attached hydrogens (tertiary/aromatic N) is 5. The summed E-state index contributed by atoms with van der Waals surface area (Å²) in [6.45, 7) is 2.20. The second-order valence-corrected chi connectivity index (χ2v) is 12.2. The number of nitrogens with two attached hydrogens (primary N) is 2. The van der Waals surface area contributed by atoms with E-state index in [2.05, 4.69) is 19.7 Å². The lowest BCUT2D eigenvalue weighted by Crippen LogP contribution is -2.76. The first-order chi connectivity index (χ1) is 21.1. The van der Waals surface area contributed by atoms with Gasteiger partial charge in [-0.05, 0) is 32.0 Å². The topological polar surface area (TPSA) is 275 Å². The van der Waals surface area contributed by atoms with Gasteiger partial charge in [0.1, 0.15) is 36.2 Å². The summed E-state index contributed by atoms with van der Waals surface area (Å²) in [5.41, 5.74) is 10.1. The number of amides is 2. The molecule has 21 heteroatoms. The third-order valence-corrected chi connectivity index (χ3v) is 7.88. The monoisotopic (exact) mass is 671 g/mol. The first kappa shape index (κ1) is 33.5. The van der Waals surface area contributed by atoms with Crippen molar-refractivity contribution in [3.63, 3.8) is 0 Å². The molecule has 2 aromatic heterocycles. The van der Waals surface area contributed by atoms with Gasteiger partial charge in [-0.3, -0.25) is 14.1 Å². The van der Waals surface area contributed by atoms with Crippen molar-refractivity contribution in [2.75, 3.05) is 25.5 Å². The van der Waals surface area contributed by atoms with Gasteiger partial charge in [-0.1, -0.05) is 5.16 Å². The highest BCUT2D eigenvalue weighted by molar-refractivity contribution is 7.80. The van der Waals surface area contributed by atoms with E-state index in [1.54, 1.807) is 40.8 Å². The summed E-state index contributed by atoms with van der Waals surface area (Å²) in [6.07, 6.45) is 0.0505. The van der Waals surface area contributed by atoms with Gasteiger partial charge in [0, 0.05) is 5.38 Å². The number of thiazole rings is 1.